The Balaban J connectivity index is 1.84. The molecule has 2 aromatic heterocycles. The van der Waals surface area contributed by atoms with Crippen molar-refractivity contribution in [1.29, 1.82) is 0 Å². The average molecular weight is 483 g/mol. The molecule has 0 aliphatic carbocycles. The zero-order valence-corrected chi connectivity index (χ0v) is 17.7. The smallest absolute Gasteiger partial charge is 0.291 e. The van der Waals surface area contributed by atoms with Crippen LogP contribution in [0.1, 0.15) is 5.56 Å². The van der Waals surface area contributed by atoms with Crippen LogP contribution in [0.4, 0.5) is 0 Å². The molecule has 0 aliphatic heterocycles. The van der Waals surface area contributed by atoms with Gasteiger partial charge in [0, 0.05) is 20.6 Å². The third-order valence-electron chi connectivity index (χ3n) is 3.83. The van der Waals surface area contributed by atoms with E-state index in [-0.39, 0.29) is 5.56 Å². The van der Waals surface area contributed by atoms with Crippen molar-refractivity contribution < 1.29 is 4.74 Å². The molecule has 2 aromatic carbocycles. The molecular formula is C18H10BrCl2N3O2S. The summed E-state index contributed by atoms with van der Waals surface area (Å²) in [5.74, 6) is 1.05. The normalized spacial score (nSPS) is 12.1. The Morgan fingerprint density at radius 2 is 2.04 bits per heavy atom. The molecule has 0 amide bonds. The maximum atomic E-state index is 12.7. The van der Waals surface area contributed by atoms with Crippen molar-refractivity contribution in [2.24, 2.45) is 0 Å². The number of hydrogen-bond acceptors (Lipinski definition) is 5. The van der Waals surface area contributed by atoms with Crippen LogP contribution in [0.25, 0.3) is 22.4 Å². The number of halogens is 3. The van der Waals surface area contributed by atoms with Crippen molar-refractivity contribution in [3.05, 3.63) is 71.4 Å². The SMILES string of the molecule is COc1ccc(Br)cc1/C=c1/sc2nc(-c3ccc(Cl)cc3Cl)nn2c1=O. The van der Waals surface area contributed by atoms with Gasteiger partial charge in [-0.05, 0) is 42.5 Å². The maximum absolute atomic E-state index is 12.7. The Morgan fingerprint density at radius 1 is 1.22 bits per heavy atom. The van der Waals surface area contributed by atoms with Crippen LogP contribution in [-0.4, -0.2) is 21.7 Å². The lowest BCUT2D eigenvalue weighted by atomic mass is 10.2. The van der Waals surface area contributed by atoms with Gasteiger partial charge in [-0.3, -0.25) is 4.79 Å². The highest BCUT2D eigenvalue weighted by atomic mass is 79.9. The first-order valence-corrected chi connectivity index (χ1v) is 10.0. The molecular weight excluding hydrogens is 473 g/mol. The van der Waals surface area contributed by atoms with Crippen LogP contribution >= 0.6 is 50.5 Å². The Labute approximate surface area is 176 Å². The largest absolute Gasteiger partial charge is 0.496 e. The van der Waals surface area contributed by atoms with E-state index in [1.165, 1.54) is 15.9 Å². The van der Waals surface area contributed by atoms with Gasteiger partial charge in [-0.1, -0.05) is 50.5 Å². The third-order valence-corrected chi connectivity index (χ3v) is 5.83. The molecule has 0 spiro atoms. The van der Waals surface area contributed by atoms with E-state index in [0.717, 1.165) is 10.0 Å². The lowest BCUT2D eigenvalue weighted by molar-refractivity contribution is 0.414. The van der Waals surface area contributed by atoms with E-state index >= 15 is 0 Å². The van der Waals surface area contributed by atoms with Crippen LogP contribution in [0.5, 0.6) is 5.75 Å². The lowest BCUT2D eigenvalue weighted by Gasteiger charge is -2.04. The van der Waals surface area contributed by atoms with Gasteiger partial charge in [-0.15, -0.1) is 5.10 Å². The molecule has 9 heteroatoms. The Bertz CT molecular complexity index is 1290. The monoisotopic (exact) mass is 481 g/mol. The van der Waals surface area contributed by atoms with Crippen molar-refractivity contribution >= 4 is 61.5 Å². The molecule has 2 heterocycles. The van der Waals surface area contributed by atoms with Crippen molar-refractivity contribution in [2.45, 2.75) is 0 Å². The summed E-state index contributed by atoms with van der Waals surface area (Å²) in [5, 5.41) is 5.26. The van der Waals surface area contributed by atoms with Crippen LogP contribution < -0.4 is 14.8 Å². The Morgan fingerprint density at radius 3 is 2.74 bits per heavy atom. The molecule has 0 N–H and O–H groups in total. The molecule has 5 nitrogen and oxygen atoms in total. The number of aromatic nitrogens is 3. The first-order valence-electron chi connectivity index (χ1n) is 7.66. The second-order valence-electron chi connectivity index (χ2n) is 5.56. The van der Waals surface area contributed by atoms with Crippen LogP contribution in [0.15, 0.2) is 45.7 Å². The van der Waals surface area contributed by atoms with Gasteiger partial charge in [-0.2, -0.15) is 9.50 Å². The minimum absolute atomic E-state index is 0.249. The molecule has 0 unspecified atom stereocenters. The summed E-state index contributed by atoms with van der Waals surface area (Å²) in [6.45, 7) is 0. The van der Waals surface area contributed by atoms with Gasteiger partial charge in [0.1, 0.15) is 5.75 Å². The van der Waals surface area contributed by atoms with Crippen molar-refractivity contribution in [2.75, 3.05) is 7.11 Å². The van der Waals surface area contributed by atoms with Crippen LogP contribution in [0.2, 0.25) is 10.0 Å². The molecule has 0 bridgehead atoms. The van der Waals surface area contributed by atoms with E-state index in [4.69, 9.17) is 27.9 Å². The van der Waals surface area contributed by atoms with Gasteiger partial charge in [-0.25, -0.2) is 0 Å². The third kappa shape index (κ3) is 3.48. The topological polar surface area (TPSA) is 56.5 Å². The molecule has 0 aliphatic rings. The van der Waals surface area contributed by atoms with Crippen molar-refractivity contribution in [3.63, 3.8) is 0 Å². The minimum atomic E-state index is -0.249. The number of rotatable bonds is 3. The van der Waals surface area contributed by atoms with E-state index in [1.54, 1.807) is 31.4 Å². The minimum Gasteiger partial charge on any atom is -0.496 e. The van der Waals surface area contributed by atoms with Crippen molar-refractivity contribution in [3.8, 4) is 17.1 Å². The molecule has 4 aromatic rings. The quantitative estimate of drug-likeness (QED) is 0.433. The van der Waals surface area contributed by atoms with E-state index < -0.39 is 0 Å². The Hall–Kier alpha value is -1.93. The van der Waals surface area contributed by atoms with Crippen LogP contribution in [-0.2, 0) is 0 Å². The molecule has 0 saturated carbocycles. The van der Waals surface area contributed by atoms with Gasteiger partial charge in [0.15, 0.2) is 5.82 Å². The molecule has 27 heavy (non-hydrogen) atoms. The summed E-state index contributed by atoms with van der Waals surface area (Å²) < 4.78 is 8.03. The summed E-state index contributed by atoms with van der Waals surface area (Å²) in [7, 11) is 1.59. The number of nitrogens with zero attached hydrogens (tertiary/aromatic N) is 3. The molecule has 4 rings (SSSR count). The zero-order chi connectivity index (χ0) is 19.1. The van der Waals surface area contributed by atoms with Gasteiger partial charge in [0.25, 0.3) is 5.56 Å². The lowest BCUT2D eigenvalue weighted by Crippen LogP contribution is -2.23. The van der Waals surface area contributed by atoms with Gasteiger partial charge in [0.05, 0.1) is 16.7 Å². The summed E-state index contributed by atoms with van der Waals surface area (Å²) in [6.07, 6.45) is 1.77. The summed E-state index contributed by atoms with van der Waals surface area (Å²) in [5.41, 5.74) is 1.16. The zero-order valence-electron chi connectivity index (χ0n) is 13.7. The Kier molecular flexibility index (Phi) is 4.94. The number of ether oxygens (including phenoxy) is 1. The fourth-order valence-corrected chi connectivity index (χ4v) is 4.35. The van der Waals surface area contributed by atoms with Gasteiger partial charge < -0.3 is 4.74 Å². The van der Waals surface area contributed by atoms with Gasteiger partial charge >= 0.3 is 0 Å². The number of methoxy groups -OCH3 is 1. The highest BCUT2D eigenvalue weighted by Gasteiger charge is 2.15. The first kappa shape index (κ1) is 18.4. The fourth-order valence-electron chi connectivity index (χ4n) is 2.58. The van der Waals surface area contributed by atoms with Gasteiger partial charge in [0.2, 0.25) is 4.96 Å². The van der Waals surface area contributed by atoms with Crippen LogP contribution in [0.3, 0.4) is 0 Å². The maximum Gasteiger partial charge on any atom is 0.291 e. The second kappa shape index (κ2) is 7.24. The van der Waals surface area contributed by atoms with E-state index in [1.807, 2.05) is 18.2 Å². The highest BCUT2D eigenvalue weighted by molar-refractivity contribution is 9.10. The van der Waals surface area contributed by atoms with E-state index in [2.05, 4.69) is 26.0 Å². The predicted octanol–water partition coefficient (Wildman–Crippen LogP) is 4.44. The average Bonchev–Trinajstić information content (AvgIpc) is 3.15. The predicted molar refractivity (Wildman–Crippen MR) is 112 cm³/mol. The fraction of sp³-hybridized carbons (Fsp3) is 0.0556. The number of thiazole rings is 1. The number of hydrogen-bond donors (Lipinski definition) is 0. The summed E-state index contributed by atoms with van der Waals surface area (Å²) >= 11 is 16.8. The highest BCUT2D eigenvalue weighted by Crippen LogP contribution is 2.28. The molecule has 0 saturated heterocycles. The number of benzene rings is 2. The standard InChI is InChI=1S/C18H10BrCl2N3O2S/c1-26-14-5-2-10(19)6-9(14)7-15-17(25)24-18(27-15)22-16(23-24)12-4-3-11(20)8-13(12)21/h2-8H,1H3/b15-7+. The first-order chi connectivity index (χ1) is 13.0. The summed E-state index contributed by atoms with van der Waals surface area (Å²) in [4.78, 5) is 17.7. The second-order valence-corrected chi connectivity index (χ2v) is 8.32. The molecule has 0 fully saturated rings. The molecule has 0 atom stereocenters. The van der Waals surface area contributed by atoms with Crippen molar-refractivity contribution in [1.82, 2.24) is 14.6 Å². The molecule has 136 valence electrons. The number of fused-ring (bicyclic) bond motifs is 1. The van der Waals surface area contributed by atoms with E-state index in [0.29, 0.717) is 36.7 Å². The van der Waals surface area contributed by atoms with Crippen LogP contribution in [0, 0.1) is 0 Å². The van der Waals surface area contributed by atoms with E-state index in [9.17, 15) is 4.79 Å². The molecule has 0 radical (unpaired) electrons. The summed E-state index contributed by atoms with van der Waals surface area (Å²) in [6, 6.07) is 10.6.